The Hall–Kier alpha value is -4.10. The minimum absolute atomic E-state index is 0.0574. The van der Waals surface area contributed by atoms with Crippen LogP contribution >= 0.6 is 15.9 Å². The number of imidazole rings is 1. The number of hydrazone groups is 1. The first-order valence-corrected chi connectivity index (χ1v) is 12.3. The van der Waals surface area contributed by atoms with E-state index >= 15 is 0 Å². The highest BCUT2D eigenvalue weighted by Crippen LogP contribution is 2.22. The normalized spacial score (nSPS) is 12.2. The van der Waals surface area contributed by atoms with Gasteiger partial charge < -0.3 is 23.9 Å². The molecule has 0 amide bonds. The van der Waals surface area contributed by atoms with Crippen LogP contribution in [0.15, 0.2) is 61.6 Å². The van der Waals surface area contributed by atoms with E-state index in [1.54, 1.807) is 44.6 Å². The van der Waals surface area contributed by atoms with E-state index < -0.39 is 17.4 Å². The average molecular weight is 587 g/mol. The predicted molar refractivity (Wildman–Crippen MR) is 147 cm³/mol. The number of anilines is 1. The molecule has 2 N–H and O–H groups in total. The molecule has 2 aromatic heterocycles. The Bertz CT molecular complexity index is 1590. The molecule has 1 unspecified atom stereocenters. The third kappa shape index (κ3) is 5.58. The van der Waals surface area contributed by atoms with Crippen LogP contribution in [0.1, 0.15) is 5.56 Å². The summed E-state index contributed by atoms with van der Waals surface area (Å²) in [5.41, 5.74) is 2.73. The second-order valence-electron chi connectivity index (χ2n) is 8.32. The molecule has 0 aliphatic carbocycles. The number of nitrogens with zero attached hydrogens (tertiary/aromatic N) is 5. The summed E-state index contributed by atoms with van der Waals surface area (Å²) in [5.74, 6) is 1.99. The van der Waals surface area contributed by atoms with Crippen LogP contribution in [-0.2, 0) is 20.6 Å². The average Bonchev–Trinajstić information content (AvgIpc) is 3.27. The standard InChI is InChI=1S/C25H27BrN6O6/c1-30-22-21(23(34)31(2)25(30)35)32(13-17(33)14-38-19-8-6-18(36-3)7-9-19)24(28-22)29-27-12-15-11-16(26)5-10-20(15)37-4/h5-12,17,33H,13-14H2,1-4H3,(H,28,29). The second-order valence-corrected chi connectivity index (χ2v) is 9.24. The summed E-state index contributed by atoms with van der Waals surface area (Å²) >= 11 is 3.42. The van der Waals surface area contributed by atoms with Crippen LogP contribution in [0.3, 0.4) is 0 Å². The van der Waals surface area contributed by atoms with E-state index in [2.05, 4.69) is 31.4 Å². The zero-order chi connectivity index (χ0) is 27.4. The molecule has 0 aliphatic rings. The van der Waals surface area contributed by atoms with Gasteiger partial charge in [-0.05, 0) is 42.5 Å². The molecular formula is C25H27BrN6O6. The van der Waals surface area contributed by atoms with Crippen LogP contribution < -0.4 is 30.9 Å². The van der Waals surface area contributed by atoms with Crippen molar-refractivity contribution in [2.24, 2.45) is 19.2 Å². The Morgan fingerprint density at radius 2 is 1.79 bits per heavy atom. The second kappa shape index (κ2) is 11.5. The smallest absolute Gasteiger partial charge is 0.332 e. The summed E-state index contributed by atoms with van der Waals surface area (Å²) in [7, 11) is 6.03. The number of aryl methyl sites for hydroxylation is 1. The van der Waals surface area contributed by atoms with Gasteiger partial charge in [0.25, 0.3) is 5.56 Å². The monoisotopic (exact) mass is 586 g/mol. The first-order valence-electron chi connectivity index (χ1n) is 11.5. The number of rotatable bonds is 10. The number of aromatic nitrogens is 4. The van der Waals surface area contributed by atoms with E-state index in [1.165, 1.54) is 29.4 Å². The molecule has 0 saturated heterocycles. The molecule has 13 heteroatoms. The summed E-state index contributed by atoms with van der Waals surface area (Å²) in [6, 6.07) is 12.4. The molecule has 12 nitrogen and oxygen atoms in total. The lowest BCUT2D eigenvalue weighted by molar-refractivity contribution is 0.0938. The summed E-state index contributed by atoms with van der Waals surface area (Å²) in [4.78, 5) is 30.0. The molecule has 0 bridgehead atoms. The number of aliphatic hydroxyl groups is 1. The van der Waals surface area contributed by atoms with Gasteiger partial charge in [-0.1, -0.05) is 15.9 Å². The molecule has 0 saturated carbocycles. The summed E-state index contributed by atoms with van der Waals surface area (Å²) in [5, 5.41) is 15.0. The van der Waals surface area contributed by atoms with Crippen LogP contribution in [0.5, 0.6) is 17.2 Å². The number of ether oxygens (including phenoxy) is 3. The lowest BCUT2D eigenvalue weighted by atomic mass is 10.2. The summed E-state index contributed by atoms with van der Waals surface area (Å²) < 4.78 is 20.8. The fourth-order valence-corrected chi connectivity index (χ4v) is 4.18. The lowest BCUT2D eigenvalue weighted by Crippen LogP contribution is -2.38. The number of hydrogen-bond donors (Lipinski definition) is 2. The molecule has 4 rings (SSSR count). The molecule has 1 atom stereocenters. The van der Waals surface area contributed by atoms with Crippen molar-refractivity contribution in [2.45, 2.75) is 12.6 Å². The van der Waals surface area contributed by atoms with Gasteiger partial charge in [-0.3, -0.25) is 13.9 Å². The SMILES string of the molecule is COc1ccc(OCC(O)Cn2c(NN=Cc3cc(Br)ccc3OC)nc3c2c(=O)n(C)c(=O)n3C)cc1. The van der Waals surface area contributed by atoms with Gasteiger partial charge in [-0.25, -0.2) is 10.2 Å². The van der Waals surface area contributed by atoms with Crippen LogP contribution in [0.2, 0.25) is 0 Å². The van der Waals surface area contributed by atoms with Crippen LogP contribution in [0.4, 0.5) is 5.95 Å². The minimum Gasteiger partial charge on any atom is -0.497 e. The van der Waals surface area contributed by atoms with E-state index in [4.69, 9.17) is 14.2 Å². The zero-order valence-electron chi connectivity index (χ0n) is 21.2. The number of fused-ring (bicyclic) bond motifs is 1. The summed E-state index contributed by atoms with van der Waals surface area (Å²) in [6.45, 7) is -0.117. The van der Waals surface area contributed by atoms with Crippen molar-refractivity contribution in [2.75, 3.05) is 26.3 Å². The quantitative estimate of drug-likeness (QED) is 0.213. The van der Waals surface area contributed by atoms with Crippen molar-refractivity contribution in [1.29, 1.82) is 0 Å². The molecule has 2 heterocycles. The Labute approximate surface area is 225 Å². The van der Waals surface area contributed by atoms with Crippen LogP contribution in [0.25, 0.3) is 11.2 Å². The van der Waals surface area contributed by atoms with Gasteiger partial charge in [0.1, 0.15) is 30.0 Å². The largest absolute Gasteiger partial charge is 0.497 e. The first-order chi connectivity index (χ1) is 18.2. The number of benzene rings is 2. The molecular weight excluding hydrogens is 560 g/mol. The fourth-order valence-electron chi connectivity index (χ4n) is 3.80. The Balaban J connectivity index is 1.65. The summed E-state index contributed by atoms with van der Waals surface area (Å²) in [6.07, 6.45) is 0.513. The van der Waals surface area contributed by atoms with Gasteiger partial charge in [0.2, 0.25) is 5.95 Å². The van der Waals surface area contributed by atoms with Gasteiger partial charge in [-0.15, -0.1) is 0 Å². The van der Waals surface area contributed by atoms with E-state index in [9.17, 15) is 14.7 Å². The predicted octanol–water partition coefficient (Wildman–Crippen LogP) is 2.10. The molecule has 2 aromatic carbocycles. The number of aliphatic hydroxyl groups excluding tert-OH is 1. The lowest BCUT2D eigenvalue weighted by Gasteiger charge is -2.15. The maximum Gasteiger partial charge on any atom is 0.332 e. The molecule has 4 aromatic rings. The van der Waals surface area contributed by atoms with Gasteiger partial charge in [-0.2, -0.15) is 10.1 Å². The van der Waals surface area contributed by atoms with Crippen LogP contribution in [0, 0.1) is 0 Å². The number of hydrogen-bond acceptors (Lipinski definition) is 9. The third-order valence-corrected chi connectivity index (χ3v) is 6.30. The van der Waals surface area contributed by atoms with E-state index in [0.717, 1.165) is 9.04 Å². The molecule has 0 spiro atoms. The van der Waals surface area contributed by atoms with E-state index in [1.807, 2.05) is 12.1 Å². The Morgan fingerprint density at radius 1 is 1.08 bits per heavy atom. The molecule has 0 fully saturated rings. The van der Waals surface area contributed by atoms with Crippen molar-refractivity contribution in [1.82, 2.24) is 18.7 Å². The third-order valence-electron chi connectivity index (χ3n) is 5.80. The van der Waals surface area contributed by atoms with Crippen molar-refractivity contribution < 1.29 is 19.3 Å². The van der Waals surface area contributed by atoms with Gasteiger partial charge >= 0.3 is 5.69 Å². The van der Waals surface area contributed by atoms with Crippen LogP contribution in [-0.4, -0.2) is 56.9 Å². The van der Waals surface area contributed by atoms with Gasteiger partial charge in [0.15, 0.2) is 11.2 Å². The molecule has 0 radical (unpaired) electrons. The topological polar surface area (TPSA) is 134 Å². The first kappa shape index (κ1) is 26.9. The number of methoxy groups -OCH3 is 2. The van der Waals surface area contributed by atoms with Crippen molar-refractivity contribution in [3.05, 3.63) is 73.3 Å². The maximum atomic E-state index is 13.0. The van der Waals surface area contributed by atoms with Crippen molar-refractivity contribution >= 4 is 39.3 Å². The highest BCUT2D eigenvalue weighted by Gasteiger charge is 2.21. The zero-order valence-corrected chi connectivity index (χ0v) is 22.8. The van der Waals surface area contributed by atoms with Crippen molar-refractivity contribution in [3.8, 4) is 17.2 Å². The molecule has 200 valence electrons. The molecule has 0 aliphatic heterocycles. The number of halogens is 1. The van der Waals surface area contributed by atoms with Gasteiger partial charge in [0, 0.05) is 24.1 Å². The molecule has 38 heavy (non-hydrogen) atoms. The Morgan fingerprint density at radius 3 is 2.47 bits per heavy atom. The van der Waals surface area contributed by atoms with E-state index in [0.29, 0.717) is 22.8 Å². The maximum absolute atomic E-state index is 13.0. The highest BCUT2D eigenvalue weighted by molar-refractivity contribution is 9.10. The van der Waals surface area contributed by atoms with Gasteiger partial charge in [0.05, 0.1) is 27.0 Å². The van der Waals surface area contributed by atoms with E-state index in [-0.39, 0.29) is 30.3 Å². The highest BCUT2D eigenvalue weighted by atomic mass is 79.9. The van der Waals surface area contributed by atoms with Crippen molar-refractivity contribution in [3.63, 3.8) is 0 Å². The minimum atomic E-state index is -1.02. The fraction of sp³-hybridized carbons (Fsp3) is 0.280. The number of nitrogens with one attached hydrogen (secondary N) is 1. The Kier molecular flexibility index (Phi) is 8.17.